The Kier molecular flexibility index (Phi) is 7.82. The molecule has 0 heterocycles. The summed E-state index contributed by atoms with van der Waals surface area (Å²) in [6, 6.07) is 9.85. The lowest BCUT2D eigenvalue weighted by Crippen LogP contribution is -2.41. The van der Waals surface area contributed by atoms with E-state index >= 15 is 0 Å². The van der Waals surface area contributed by atoms with Crippen molar-refractivity contribution in [1.29, 1.82) is 0 Å². The molecule has 164 valence electrons. The highest BCUT2D eigenvalue weighted by Crippen LogP contribution is 2.29. The lowest BCUT2D eigenvalue weighted by Gasteiger charge is -2.27. The molecule has 0 unspecified atom stereocenters. The van der Waals surface area contributed by atoms with Crippen molar-refractivity contribution in [2.75, 3.05) is 0 Å². The molecule has 2 rings (SSSR count). The molecule has 31 heavy (non-hydrogen) atoms. The fourth-order valence-electron chi connectivity index (χ4n) is 2.98. The number of aryl methyl sites for hydroxylation is 2. The van der Waals surface area contributed by atoms with Gasteiger partial charge in [0.1, 0.15) is 5.75 Å². The highest BCUT2D eigenvalue weighted by Gasteiger charge is 2.33. The second kappa shape index (κ2) is 9.94. The Labute approximate surface area is 183 Å². The van der Waals surface area contributed by atoms with Gasteiger partial charge in [-0.25, -0.2) is 4.79 Å². The second-order valence-electron chi connectivity index (χ2n) is 8.24. The van der Waals surface area contributed by atoms with Crippen molar-refractivity contribution in [2.45, 2.75) is 53.2 Å². The third-order valence-electron chi connectivity index (χ3n) is 4.59. The van der Waals surface area contributed by atoms with E-state index in [9.17, 15) is 9.59 Å². The number of benzene rings is 2. The van der Waals surface area contributed by atoms with Gasteiger partial charge in [0, 0.05) is 5.56 Å². The molecule has 0 amide bonds. The zero-order valence-electron chi connectivity index (χ0n) is 18.8. The number of ether oxygens (including phenoxy) is 2. The molecule has 0 aliphatic rings. The van der Waals surface area contributed by atoms with Crippen molar-refractivity contribution in [3.05, 3.63) is 64.7 Å². The van der Waals surface area contributed by atoms with E-state index in [1.54, 1.807) is 45.9 Å². The van der Waals surface area contributed by atoms with E-state index in [2.05, 4.69) is 0 Å². The van der Waals surface area contributed by atoms with Gasteiger partial charge in [0.15, 0.2) is 11.4 Å². The third-order valence-corrected chi connectivity index (χ3v) is 4.59. The Bertz CT molecular complexity index is 951. The van der Waals surface area contributed by atoms with Gasteiger partial charge >= 0.3 is 13.1 Å². The first-order chi connectivity index (χ1) is 14.4. The Morgan fingerprint density at radius 3 is 2.06 bits per heavy atom. The van der Waals surface area contributed by atoms with Crippen molar-refractivity contribution in [2.24, 2.45) is 0 Å². The first-order valence-electron chi connectivity index (χ1n) is 10.1. The molecule has 0 spiro atoms. The minimum Gasteiger partial charge on any atom is -0.476 e. The maximum absolute atomic E-state index is 12.4. The smallest absolute Gasteiger partial charge is 0.476 e. The van der Waals surface area contributed by atoms with Gasteiger partial charge in [-0.1, -0.05) is 30.3 Å². The van der Waals surface area contributed by atoms with Crippen LogP contribution in [-0.2, 0) is 9.53 Å². The quantitative estimate of drug-likeness (QED) is 0.293. The minimum atomic E-state index is -1.57. The molecule has 0 saturated carbocycles. The van der Waals surface area contributed by atoms with Crippen LogP contribution in [0.4, 0.5) is 0 Å². The Balaban J connectivity index is 2.17. The van der Waals surface area contributed by atoms with Gasteiger partial charge in [-0.2, -0.15) is 0 Å². The Hall–Kier alpha value is -2.90. The number of hydrogen-bond donors (Lipinski definition) is 2. The van der Waals surface area contributed by atoms with Crippen LogP contribution < -0.4 is 10.2 Å². The zero-order valence-corrected chi connectivity index (χ0v) is 18.8. The van der Waals surface area contributed by atoms with Crippen molar-refractivity contribution >= 4 is 30.4 Å². The van der Waals surface area contributed by atoms with Crippen molar-refractivity contribution < 1.29 is 29.1 Å². The van der Waals surface area contributed by atoms with Gasteiger partial charge in [0.25, 0.3) is 0 Å². The van der Waals surface area contributed by atoms with Crippen LogP contribution in [0.2, 0.25) is 0 Å². The summed E-state index contributed by atoms with van der Waals surface area (Å²) in [6.07, 6.45) is 2.94. The molecule has 0 bridgehead atoms. The molecule has 6 nitrogen and oxygen atoms in total. The lowest BCUT2D eigenvalue weighted by molar-refractivity contribution is -0.163. The van der Waals surface area contributed by atoms with Crippen LogP contribution in [0.1, 0.15) is 54.7 Å². The predicted octanol–water partition coefficient (Wildman–Crippen LogP) is 2.99. The number of carbonyl (C=O) groups excluding carboxylic acids is 2. The van der Waals surface area contributed by atoms with Crippen molar-refractivity contribution in [3.63, 3.8) is 0 Å². The highest BCUT2D eigenvalue weighted by molar-refractivity contribution is 6.58. The third kappa shape index (κ3) is 6.54. The average molecular weight is 424 g/mol. The van der Waals surface area contributed by atoms with Gasteiger partial charge in [-0.05, 0) is 81.9 Å². The first-order valence-corrected chi connectivity index (χ1v) is 10.1. The Morgan fingerprint density at radius 2 is 1.58 bits per heavy atom. The minimum absolute atomic E-state index is 0.202. The largest absolute Gasteiger partial charge is 0.488 e. The highest BCUT2D eigenvalue weighted by atomic mass is 16.6. The molecule has 2 aromatic rings. The van der Waals surface area contributed by atoms with E-state index in [-0.39, 0.29) is 11.9 Å². The standard InChI is InChI=1S/C24H29BO6/c1-15(2)30-23(27)24(5,6)31-22-16(3)13-18(14-17(22)4)7-12-21(26)19-8-10-20(11-9-19)25(28)29/h7-15,28-29H,1-6H3. The summed E-state index contributed by atoms with van der Waals surface area (Å²) in [6.45, 7) is 10.7. The van der Waals surface area contributed by atoms with E-state index in [0.717, 1.165) is 16.7 Å². The van der Waals surface area contributed by atoms with E-state index in [1.807, 2.05) is 26.0 Å². The summed E-state index contributed by atoms with van der Waals surface area (Å²) in [5.74, 6) is -0.0323. The maximum Gasteiger partial charge on any atom is 0.488 e. The van der Waals surface area contributed by atoms with Crippen LogP contribution in [-0.4, -0.2) is 40.6 Å². The van der Waals surface area contributed by atoms with E-state index in [1.165, 1.54) is 18.2 Å². The molecular weight excluding hydrogens is 395 g/mol. The zero-order chi connectivity index (χ0) is 23.3. The average Bonchev–Trinajstić information content (AvgIpc) is 2.68. The van der Waals surface area contributed by atoms with Crippen LogP contribution in [0, 0.1) is 13.8 Å². The monoisotopic (exact) mass is 424 g/mol. The number of allylic oxidation sites excluding steroid dienone is 1. The Morgan fingerprint density at radius 1 is 1.03 bits per heavy atom. The topological polar surface area (TPSA) is 93.1 Å². The van der Waals surface area contributed by atoms with Gasteiger partial charge in [-0.15, -0.1) is 0 Å². The molecular formula is C24H29BO6. The van der Waals surface area contributed by atoms with E-state index in [0.29, 0.717) is 16.8 Å². The van der Waals surface area contributed by atoms with Crippen molar-refractivity contribution in [1.82, 2.24) is 0 Å². The summed E-state index contributed by atoms with van der Waals surface area (Å²) < 4.78 is 11.3. The van der Waals surface area contributed by atoms with Gasteiger partial charge in [0.2, 0.25) is 0 Å². The number of rotatable bonds is 8. The fraction of sp³-hybridized carbons (Fsp3) is 0.333. The van der Waals surface area contributed by atoms with Crippen LogP contribution in [0.25, 0.3) is 6.08 Å². The molecule has 0 atom stereocenters. The summed E-state index contributed by atoms with van der Waals surface area (Å²) in [7, 11) is -1.57. The van der Waals surface area contributed by atoms with Crippen LogP contribution >= 0.6 is 0 Å². The molecule has 2 N–H and O–H groups in total. The number of esters is 1. The number of carbonyl (C=O) groups is 2. The molecule has 0 saturated heterocycles. The summed E-state index contributed by atoms with van der Waals surface area (Å²) in [5, 5.41) is 18.3. The predicted molar refractivity (Wildman–Crippen MR) is 121 cm³/mol. The van der Waals surface area contributed by atoms with Gasteiger partial charge in [-0.3, -0.25) is 4.79 Å². The maximum atomic E-state index is 12.4. The molecule has 0 radical (unpaired) electrons. The number of ketones is 1. The summed E-state index contributed by atoms with van der Waals surface area (Å²) >= 11 is 0. The molecule has 7 heteroatoms. The molecule has 0 fully saturated rings. The van der Waals surface area contributed by atoms with Crippen LogP contribution in [0.5, 0.6) is 5.75 Å². The lowest BCUT2D eigenvalue weighted by atomic mass is 9.80. The summed E-state index contributed by atoms with van der Waals surface area (Å²) in [4.78, 5) is 24.7. The fourth-order valence-corrected chi connectivity index (χ4v) is 2.98. The van der Waals surface area contributed by atoms with Gasteiger partial charge < -0.3 is 19.5 Å². The van der Waals surface area contributed by atoms with Crippen LogP contribution in [0.3, 0.4) is 0 Å². The first kappa shape index (κ1) is 24.4. The molecule has 0 aromatic heterocycles. The molecule has 2 aromatic carbocycles. The SMILES string of the molecule is Cc1cc(C=CC(=O)c2ccc(B(O)O)cc2)cc(C)c1OC(C)(C)C(=O)OC(C)C. The van der Waals surface area contributed by atoms with Crippen LogP contribution in [0.15, 0.2) is 42.5 Å². The van der Waals surface area contributed by atoms with Gasteiger partial charge in [0.05, 0.1) is 6.10 Å². The second-order valence-corrected chi connectivity index (χ2v) is 8.24. The van der Waals surface area contributed by atoms with E-state index < -0.39 is 18.7 Å². The molecule has 0 aliphatic carbocycles. The number of hydrogen-bond acceptors (Lipinski definition) is 6. The summed E-state index contributed by atoms with van der Waals surface area (Å²) in [5.41, 5.74) is 2.11. The molecule has 0 aliphatic heterocycles. The van der Waals surface area contributed by atoms with Crippen molar-refractivity contribution in [3.8, 4) is 5.75 Å². The van der Waals surface area contributed by atoms with E-state index in [4.69, 9.17) is 19.5 Å². The normalized spacial score (nSPS) is 11.6.